The summed E-state index contributed by atoms with van der Waals surface area (Å²) in [5.41, 5.74) is 0.597. The lowest BCUT2D eigenvalue weighted by Crippen LogP contribution is -1.79. The second kappa shape index (κ2) is 5.36. The Morgan fingerprint density at radius 1 is 1.21 bits per heavy atom. The van der Waals surface area contributed by atoms with Crippen molar-refractivity contribution >= 4 is 34.8 Å². The van der Waals surface area contributed by atoms with Crippen molar-refractivity contribution in [1.82, 2.24) is 0 Å². The van der Waals surface area contributed by atoms with Crippen LogP contribution in [0, 0.1) is 11.8 Å². The zero-order valence-electron chi connectivity index (χ0n) is 7.15. The topological polar surface area (TPSA) is 20.2 Å². The van der Waals surface area contributed by atoms with Crippen molar-refractivity contribution in [3.05, 3.63) is 27.7 Å². The molecule has 4 heteroatoms. The van der Waals surface area contributed by atoms with Gasteiger partial charge in [0, 0.05) is 23.9 Å². The molecule has 1 aromatic rings. The van der Waals surface area contributed by atoms with Crippen LogP contribution in [0.3, 0.4) is 0 Å². The molecule has 0 bridgehead atoms. The molecular formula is C10H7Cl3O. The summed E-state index contributed by atoms with van der Waals surface area (Å²) in [5.74, 6) is 6.09. The van der Waals surface area contributed by atoms with Gasteiger partial charge in [-0.3, -0.25) is 0 Å². The van der Waals surface area contributed by atoms with Gasteiger partial charge in [0.15, 0.2) is 0 Å². The highest BCUT2D eigenvalue weighted by atomic mass is 35.5. The van der Waals surface area contributed by atoms with Gasteiger partial charge >= 0.3 is 0 Å². The third kappa shape index (κ3) is 2.99. The Labute approximate surface area is 97.6 Å². The fourth-order valence-electron chi connectivity index (χ4n) is 0.837. The lowest BCUT2D eigenvalue weighted by atomic mass is 10.2. The van der Waals surface area contributed by atoms with Gasteiger partial charge in [-0.25, -0.2) is 0 Å². The van der Waals surface area contributed by atoms with Crippen molar-refractivity contribution in [3.63, 3.8) is 0 Å². The average molecular weight is 250 g/mol. The summed E-state index contributed by atoms with van der Waals surface area (Å²) in [5, 5.41) is 9.83. The molecule has 0 atom stereocenters. The van der Waals surface area contributed by atoms with E-state index >= 15 is 0 Å². The van der Waals surface area contributed by atoms with Gasteiger partial charge in [-0.15, -0.1) is 11.6 Å². The molecule has 1 nitrogen and oxygen atoms in total. The predicted molar refractivity (Wildman–Crippen MR) is 60.3 cm³/mol. The molecule has 0 heterocycles. The molecule has 1 rings (SSSR count). The molecule has 0 saturated heterocycles. The summed E-state index contributed by atoms with van der Waals surface area (Å²) in [6, 6.07) is 2.90. The van der Waals surface area contributed by atoms with Gasteiger partial charge in [0.25, 0.3) is 0 Å². The van der Waals surface area contributed by atoms with Gasteiger partial charge in [0.05, 0.1) is 10.0 Å². The van der Waals surface area contributed by atoms with E-state index in [-0.39, 0.29) is 10.8 Å². The van der Waals surface area contributed by atoms with Gasteiger partial charge in [0.1, 0.15) is 5.75 Å². The highest BCUT2D eigenvalue weighted by Crippen LogP contribution is 2.29. The van der Waals surface area contributed by atoms with Gasteiger partial charge in [-0.1, -0.05) is 35.0 Å². The molecule has 74 valence electrons. The van der Waals surface area contributed by atoms with E-state index in [9.17, 15) is 5.11 Å². The van der Waals surface area contributed by atoms with Crippen LogP contribution in [0.2, 0.25) is 10.0 Å². The number of phenols is 1. The van der Waals surface area contributed by atoms with Crippen LogP contribution < -0.4 is 0 Å². The van der Waals surface area contributed by atoms with Crippen molar-refractivity contribution in [1.29, 1.82) is 0 Å². The van der Waals surface area contributed by atoms with Crippen molar-refractivity contribution in [3.8, 4) is 17.6 Å². The fourth-order valence-corrected chi connectivity index (χ4v) is 1.30. The summed E-state index contributed by atoms with van der Waals surface area (Å²) in [6.45, 7) is 0. The number of benzene rings is 1. The Morgan fingerprint density at radius 3 is 2.57 bits per heavy atom. The molecule has 1 N–H and O–H groups in total. The summed E-state index contributed by atoms with van der Waals surface area (Å²) in [7, 11) is 0. The highest BCUT2D eigenvalue weighted by molar-refractivity contribution is 6.35. The molecule has 0 aliphatic rings. The minimum atomic E-state index is -0.0421. The maximum absolute atomic E-state index is 9.21. The van der Waals surface area contributed by atoms with Crippen LogP contribution in [0.5, 0.6) is 5.75 Å². The first-order valence-electron chi connectivity index (χ1n) is 3.88. The molecule has 0 unspecified atom stereocenters. The molecule has 0 radical (unpaired) electrons. The summed E-state index contributed by atoms with van der Waals surface area (Å²) in [6.07, 6.45) is 0.594. The van der Waals surface area contributed by atoms with E-state index in [0.29, 0.717) is 22.9 Å². The van der Waals surface area contributed by atoms with Crippen LogP contribution in [0.1, 0.15) is 12.0 Å². The van der Waals surface area contributed by atoms with E-state index in [1.165, 1.54) is 12.1 Å². The Kier molecular flexibility index (Phi) is 4.41. The summed E-state index contributed by atoms with van der Waals surface area (Å²) >= 11 is 17.0. The summed E-state index contributed by atoms with van der Waals surface area (Å²) in [4.78, 5) is 0. The van der Waals surface area contributed by atoms with E-state index in [1.54, 1.807) is 0 Å². The molecule has 0 amide bonds. The van der Waals surface area contributed by atoms with Gasteiger partial charge in [0.2, 0.25) is 0 Å². The molecular weight excluding hydrogens is 242 g/mol. The smallest absolute Gasteiger partial charge is 0.135 e. The van der Waals surface area contributed by atoms with E-state index < -0.39 is 0 Å². The standard InChI is InChI=1S/C10H7Cl3O/c11-4-2-1-3-7-5-9(13)10(14)6-8(7)12/h5-6,14H,2,4H2. The molecule has 0 fully saturated rings. The minimum Gasteiger partial charge on any atom is -0.506 e. The van der Waals surface area contributed by atoms with Gasteiger partial charge < -0.3 is 5.11 Å². The van der Waals surface area contributed by atoms with Crippen LogP contribution in [-0.4, -0.2) is 11.0 Å². The number of rotatable bonds is 1. The van der Waals surface area contributed by atoms with E-state index in [4.69, 9.17) is 34.8 Å². The molecule has 1 aromatic carbocycles. The Hall–Kier alpha value is -0.550. The van der Waals surface area contributed by atoms with E-state index in [2.05, 4.69) is 11.8 Å². The van der Waals surface area contributed by atoms with Gasteiger partial charge in [-0.2, -0.15) is 0 Å². The number of alkyl halides is 1. The molecule has 0 aliphatic carbocycles. The highest BCUT2D eigenvalue weighted by Gasteiger charge is 2.03. The van der Waals surface area contributed by atoms with Crippen molar-refractivity contribution in [2.45, 2.75) is 6.42 Å². The lowest BCUT2D eigenvalue weighted by molar-refractivity contribution is 0.475. The number of hydrogen-bond acceptors (Lipinski definition) is 1. The Balaban J connectivity index is 3.00. The number of hydrogen-bond donors (Lipinski definition) is 1. The maximum Gasteiger partial charge on any atom is 0.135 e. The van der Waals surface area contributed by atoms with E-state index in [0.717, 1.165) is 0 Å². The van der Waals surface area contributed by atoms with Crippen LogP contribution in [-0.2, 0) is 0 Å². The second-order valence-electron chi connectivity index (χ2n) is 2.52. The van der Waals surface area contributed by atoms with Crippen LogP contribution in [0.15, 0.2) is 12.1 Å². The quantitative estimate of drug-likeness (QED) is 0.595. The third-order valence-corrected chi connectivity index (χ3v) is 2.28. The maximum atomic E-state index is 9.21. The number of phenolic OH excluding ortho intramolecular Hbond substituents is 1. The Bertz CT molecular complexity index is 390. The van der Waals surface area contributed by atoms with Crippen molar-refractivity contribution in [2.24, 2.45) is 0 Å². The Morgan fingerprint density at radius 2 is 1.93 bits per heavy atom. The first kappa shape index (κ1) is 11.5. The normalized spacial score (nSPS) is 9.36. The van der Waals surface area contributed by atoms with Crippen molar-refractivity contribution < 1.29 is 5.11 Å². The largest absolute Gasteiger partial charge is 0.506 e. The molecule has 0 aliphatic heterocycles. The lowest BCUT2D eigenvalue weighted by Gasteiger charge is -1.99. The first-order chi connectivity index (χ1) is 6.65. The SMILES string of the molecule is Oc1cc(Cl)c(C#CCCCl)cc1Cl. The molecule has 14 heavy (non-hydrogen) atoms. The fraction of sp³-hybridized carbons (Fsp3) is 0.200. The molecule has 0 aromatic heterocycles. The first-order valence-corrected chi connectivity index (χ1v) is 5.17. The van der Waals surface area contributed by atoms with Crippen molar-refractivity contribution in [2.75, 3.05) is 5.88 Å². The van der Waals surface area contributed by atoms with Crippen LogP contribution in [0.4, 0.5) is 0 Å². The van der Waals surface area contributed by atoms with Crippen LogP contribution in [0.25, 0.3) is 0 Å². The van der Waals surface area contributed by atoms with Gasteiger partial charge in [-0.05, 0) is 6.07 Å². The number of halogens is 3. The molecule has 0 spiro atoms. The molecule has 0 saturated carbocycles. The number of aromatic hydroxyl groups is 1. The zero-order chi connectivity index (χ0) is 10.6. The minimum absolute atomic E-state index is 0.0421. The average Bonchev–Trinajstić information content (AvgIpc) is 2.14. The monoisotopic (exact) mass is 248 g/mol. The summed E-state index contributed by atoms with van der Waals surface area (Å²) < 4.78 is 0. The van der Waals surface area contributed by atoms with E-state index in [1.807, 2.05) is 0 Å². The third-order valence-electron chi connectivity index (χ3n) is 1.48. The van der Waals surface area contributed by atoms with Crippen LogP contribution >= 0.6 is 34.8 Å². The zero-order valence-corrected chi connectivity index (χ0v) is 9.42. The second-order valence-corrected chi connectivity index (χ2v) is 3.72. The predicted octanol–water partition coefficient (Wildman–Crippen LogP) is 3.68.